The number of rotatable bonds is 5. The average Bonchev–Trinajstić information content (AvgIpc) is 3.49. The number of ether oxygens (including phenoxy) is 1. The second-order valence-corrected chi connectivity index (χ2v) is 14.3. The minimum atomic E-state index is -0.280. The van der Waals surface area contributed by atoms with Crippen LogP contribution < -0.4 is 0 Å². The Morgan fingerprint density at radius 1 is 1.05 bits per heavy atom. The monoisotopic (exact) mass is 523 g/mol. The van der Waals surface area contributed by atoms with Gasteiger partial charge in [0.2, 0.25) is 5.91 Å². The number of carbonyl (C=O) groups excluding carboxylic acids is 1. The molecule has 1 amide bonds. The molecule has 0 radical (unpaired) electrons. The van der Waals surface area contributed by atoms with Gasteiger partial charge in [-0.2, -0.15) is 0 Å². The lowest BCUT2D eigenvalue weighted by Crippen LogP contribution is -2.62. The first kappa shape index (κ1) is 26.8. The lowest BCUT2D eigenvalue weighted by molar-refractivity contribution is -0.212. The summed E-state index contributed by atoms with van der Waals surface area (Å²) in [5, 5.41) is 22.0. The van der Waals surface area contributed by atoms with Crippen LogP contribution in [0.5, 0.6) is 0 Å². The number of hydrogen-bond donors (Lipinski definition) is 2. The molecule has 4 fully saturated rings. The van der Waals surface area contributed by atoms with Gasteiger partial charge in [-0.05, 0) is 103 Å². The quantitative estimate of drug-likeness (QED) is 0.530. The molecule has 0 spiro atoms. The number of hydrogen-bond acceptors (Lipinski definition) is 4. The van der Waals surface area contributed by atoms with Crippen LogP contribution in [0.4, 0.5) is 0 Å². The van der Waals surface area contributed by atoms with Gasteiger partial charge in [0.05, 0.1) is 18.3 Å². The van der Waals surface area contributed by atoms with Crippen molar-refractivity contribution in [3.8, 4) is 0 Å². The highest BCUT2D eigenvalue weighted by atomic mass is 16.5. The summed E-state index contributed by atoms with van der Waals surface area (Å²) in [6.45, 7) is 8.77. The molecule has 0 bridgehead atoms. The van der Waals surface area contributed by atoms with E-state index in [0.717, 1.165) is 58.0 Å². The Morgan fingerprint density at radius 2 is 1.76 bits per heavy atom. The number of aliphatic hydroxyl groups excluding tert-OH is 2. The van der Waals surface area contributed by atoms with E-state index < -0.39 is 0 Å². The summed E-state index contributed by atoms with van der Waals surface area (Å²) in [6.07, 6.45) is 8.20. The number of methoxy groups -OCH3 is 1. The predicted molar refractivity (Wildman–Crippen MR) is 148 cm³/mol. The number of amides is 1. The molecule has 38 heavy (non-hydrogen) atoms. The fraction of sp³-hybridized carbons (Fsp3) is 0.788. The van der Waals surface area contributed by atoms with E-state index >= 15 is 0 Å². The molecule has 1 aromatic rings. The molecule has 4 saturated carbocycles. The van der Waals surface area contributed by atoms with Gasteiger partial charge in [-0.3, -0.25) is 4.79 Å². The van der Waals surface area contributed by atoms with E-state index in [0.29, 0.717) is 41.9 Å². The van der Waals surface area contributed by atoms with Gasteiger partial charge in [-0.1, -0.05) is 45.0 Å². The molecule has 0 unspecified atom stereocenters. The third-order valence-electron chi connectivity index (χ3n) is 12.8. The van der Waals surface area contributed by atoms with Crippen molar-refractivity contribution in [2.45, 2.75) is 110 Å². The highest BCUT2D eigenvalue weighted by molar-refractivity contribution is 5.77. The van der Waals surface area contributed by atoms with Crippen LogP contribution in [0.15, 0.2) is 24.3 Å². The molecule has 1 aromatic carbocycles. The minimum absolute atomic E-state index is 0.0284. The standard InChI is InChI=1S/C33H49NO4/c1-20(9-12-30(37)34-18-21-7-5-6-8-22(21)19-34)25-10-11-26-31-27(17-29(38-4)33(25,26)3)32(2)14-13-24(35)15-23(32)16-28(31)36/h5-8,20,23-29,31,35-36H,9-19H2,1-4H3/t20-,23+,24-,25-,26+,27+,28-,29+,31+,32+,33-/m1/s1. The van der Waals surface area contributed by atoms with E-state index in [9.17, 15) is 15.0 Å². The summed E-state index contributed by atoms with van der Waals surface area (Å²) in [7, 11) is 1.89. The first-order valence-electron chi connectivity index (χ1n) is 15.4. The van der Waals surface area contributed by atoms with Crippen molar-refractivity contribution in [1.29, 1.82) is 0 Å². The summed E-state index contributed by atoms with van der Waals surface area (Å²) in [5.74, 6) is 2.88. The zero-order valence-electron chi connectivity index (χ0n) is 23.9. The Morgan fingerprint density at radius 3 is 2.45 bits per heavy atom. The third-order valence-corrected chi connectivity index (χ3v) is 12.8. The van der Waals surface area contributed by atoms with E-state index in [1.807, 2.05) is 12.0 Å². The molecule has 0 saturated heterocycles. The van der Waals surface area contributed by atoms with Crippen molar-refractivity contribution < 1.29 is 19.7 Å². The van der Waals surface area contributed by atoms with Crippen LogP contribution in [-0.2, 0) is 22.6 Å². The van der Waals surface area contributed by atoms with E-state index in [1.165, 1.54) is 17.5 Å². The number of fused-ring (bicyclic) bond motifs is 6. The lowest BCUT2D eigenvalue weighted by atomic mass is 9.43. The topological polar surface area (TPSA) is 70.0 Å². The molecule has 5 nitrogen and oxygen atoms in total. The minimum Gasteiger partial charge on any atom is -0.393 e. The van der Waals surface area contributed by atoms with E-state index in [1.54, 1.807) is 0 Å². The molecule has 2 N–H and O–H groups in total. The first-order valence-corrected chi connectivity index (χ1v) is 15.4. The molecule has 6 rings (SSSR count). The van der Waals surface area contributed by atoms with Crippen LogP contribution in [-0.4, -0.2) is 46.4 Å². The zero-order valence-corrected chi connectivity index (χ0v) is 23.9. The average molecular weight is 524 g/mol. The highest BCUT2D eigenvalue weighted by Gasteiger charge is 2.66. The summed E-state index contributed by atoms with van der Waals surface area (Å²) in [5.41, 5.74) is 2.79. The van der Waals surface area contributed by atoms with Crippen LogP contribution in [0.3, 0.4) is 0 Å². The van der Waals surface area contributed by atoms with Gasteiger partial charge in [0.25, 0.3) is 0 Å². The summed E-state index contributed by atoms with van der Waals surface area (Å²) >= 11 is 0. The largest absolute Gasteiger partial charge is 0.393 e. The first-order chi connectivity index (χ1) is 18.2. The van der Waals surface area contributed by atoms with Crippen molar-refractivity contribution in [1.82, 2.24) is 4.90 Å². The maximum absolute atomic E-state index is 13.2. The maximum Gasteiger partial charge on any atom is 0.223 e. The molecular formula is C33H49NO4. The molecule has 11 atom stereocenters. The number of nitrogens with zero attached hydrogens (tertiary/aromatic N) is 1. The fourth-order valence-electron chi connectivity index (χ4n) is 10.7. The second-order valence-electron chi connectivity index (χ2n) is 14.3. The van der Waals surface area contributed by atoms with E-state index in [2.05, 4.69) is 45.0 Å². The van der Waals surface area contributed by atoms with Crippen LogP contribution in [0, 0.1) is 46.3 Å². The van der Waals surface area contributed by atoms with Gasteiger partial charge in [-0.15, -0.1) is 0 Å². The molecule has 1 aliphatic heterocycles. The SMILES string of the molecule is CO[C@H]1C[C@H]2[C@@H]([C@H](O)C[C@@H]3C[C@H](O)CC[C@@]32C)[C@@H]2CC[C@H]([C@H](C)CCC(=O)N3Cc4ccccc4C3)[C@@]12C. The van der Waals surface area contributed by atoms with Gasteiger partial charge in [-0.25, -0.2) is 0 Å². The van der Waals surface area contributed by atoms with Crippen molar-refractivity contribution >= 4 is 5.91 Å². The normalized spacial score (nSPS) is 44.6. The molecule has 210 valence electrons. The molecule has 0 aromatic heterocycles. The number of benzene rings is 1. The predicted octanol–water partition coefficient (Wildman–Crippen LogP) is 5.56. The lowest BCUT2D eigenvalue weighted by Gasteiger charge is -2.64. The Labute approximate surface area is 229 Å². The van der Waals surface area contributed by atoms with Crippen molar-refractivity contribution in [2.75, 3.05) is 7.11 Å². The summed E-state index contributed by atoms with van der Waals surface area (Å²) in [6, 6.07) is 8.41. The van der Waals surface area contributed by atoms with Crippen molar-refractivity contribution in [3.63, 3.8) is 0 Å². The Bertz CT molecular complexity index is 1020. The van der Waals surface area contributed by atoms with Gasteiger partial charge < -0.3 is 19.8 Å². The molecule has 5 aliphatic rings. The summed E-state index contributed by atoms with van der Waals surface area (Å²) in [4.78, 5) is 15.2. The second kappa shape index (κ2) is 9.89. The molecular weight excluding hydrogens is 474 g/mol. The van der Waals surface area contributed by atoms with Gasteiger partial charge in [0.1, 0.15) is 0 Å². The number of aliphatic hydroxyl groups is 2. The maximum atomic E-state index is 13.2. The Kier molecular flexibility index (Phi) is 6.97. The van der Waals surface area contributed by atoms with Crippen LogP contribution in [0.2, 0.25) is 0 Å². The smallest absolute Gasteiger partial charge is 0.223 e. The van der Waals surface area contributed by atoms with Gasteiger partial charge in [0.15, 0.2) is 0 Å². The fourth-order valence-corrected chi connectivity index (χ4v) is 10.7. The Balaban J connectivity index is 1.17. The van der Waals surface area contributed by atoms with Crippen LogP contribution >= 0.6 is 0 Å². The van der Waals surface area contributed by atoms with Gasteiger partial charge >= 0.3 is 0 Å². The zero-order chi connectivity index (χ0) is 26.8. The van der Waals surface area contributed by atoms with E-state index in [4.69, 9.17) is 4.74 Å². The van der Waals surface area contributed by atoms with Crippen molar-refractivity contribution in [3.05, 3.63) is 35.4 Å². The molecule has 1 heterocycles. The number of carbonyl (C=O) groups is 1. The molecule has 4 aliphatic carbocycles. The van der Waals surface area contributed by atoms with E-state index in [-0.39, 0.29) is 35.0 Å². The van der Waals surface area contributed by atoms with Crippen LogP contribution in [0.1, 0.15) is 89.7 Å². The highest BCUT2D eigenvalue weighted by Crippen LogP contribution is 2.68. The van der Waals surface area contributed by atoms with Crippen LogP contribution in [0.25, 0.3) is 0 Å². The third kappa shape index (κ3) is 4.09. The van der Waals surface area contributed by atoms with Gasteiger partial charge in [0, 0.05) is 32.0 Å². The summed E-state index contributed by atoms with van der Waals surface area (Å²) < 4.78 is 6.36. The van der Waals surface area contributed by atoms with Crippen molar-refractivity contribution in [2.24, 2.45) is 46.3 Å². The molecule has 5 heteroatoms. The Hall–Kier alpha value is -1.43.